The van der Waals surface area contributed by atoms with Gasteiger partial charge in [0.1, 0.15) is 5.75 Å². The fourth-order valence-electron chi connectivity index (χ4n) is 3.12. The molecule has 2 N–H and O–H groups in total. The lowest BCUT2D eigenvalue weighted by atomic mass is 10.2. The Balaban J connectivity index is 1.63. The molecule has 0 radical (unpaired) electrons. The first-order valence-corrected chi connectivity index (χ1v) is 9.99. The van der Waals surface area contributed by atoms with Crippen molar-refractivity contribution in [3.8, 4) is 11.4 Å². The number of halogens is 1. The number of aryl methyl sites for hydroxylation is 1. The van der Waals surface area contributed by atoms with Crippen LogP contribution in [0.3, 0.4) is 0 Å². The van der Waals surface area contributed by atoms with Gasteiger partial charge in [0.2, 0.25) is 5.91 Å². The van der Waals surface area contributed by atoms with Gasteiger partial charge >= 0.3 is 0 Å². The fourth-order valence-corrected chi connectivity index (χ4v) is 3.31. The molecule has 0 saturated heterocycles. The molecule has 0 aliphatic carbocycles. The number of hydrazone groups is 1. The average Bonchev–Trinajstić information content (AvgIpc) is 3.01. The summed E-state index contributed by atoms with van der Waals surface area (Å²) >= 11 is 6.00. The maximum Gasteiger partial charge on any atom is 0.277 e. The Kier molecular flexibility index (Phi) is 7.10. The van der Waals surface area contributed by atoms with Crippen LogP contribution in [-0.4, -0.2) is 29.2 Å². The summed E-state index contributed by atoms with van der Waals surface area (Å²) in [7, 11) is 0. The molecule has 3 rings (SSSR count). The van der Waals surface area contributed by atoms with Gasteiger partial charge in [-0.15, -0.1) is 0 Å². The summed E-state index contributed by atoms with van der Waals surface area (Å²) in [6.07, 6.45) is 1.60. The molecule has 0 aliphatic heterocycles. The van der Waals surface area contributed by atoms with E-state index in [2.05, 4.69) is 20.4 Å². The van der Waals surface area contributed by atoms with Crippen molar-refractivity contribution in [3.05, 3.63) is 76.6 Å². The number of aromatic nitrogens is 1. The molecular weight excluding hydrogens is 416 g/mol. The molecule has 160 valence electrons. The zero-order valence-corrected chi connectivity index (χ0v) is 18.2. The Morgan fingerprint density at radius 1 is 1.13 bits per heavy atom. The van der Waals surface area contributed by atoms with Crippen LogP contribution in [0.5, 0.6) is 5.75 Å². The van der Waals surface area contributed by atoms with Crippen LogP contribution < -0.4 is 15.5 Å². The topological polar surface area (TPSA) is 84.7 Å². The highest BCUT2D eigenvalue weighted by atomic mass is 35.5. The lowest BCUT2D eigenvalue weighted by Crippen LogP contribution is -2.24. The number of hydrogen-bond acceptors (Lipinski definition) is 4. The van der Waals surface area contributed by atoms with Crippen LogP contribution in [0, 0.1) is 13.8 Å². The van der Waals surface area contributed by atoms with Crippen molar-refractivity contribution in [2.45, 2.75) is 20.8 Å². The third kappa shape index (κ3) is 5.73. The number of nitrogens with one attached hydrogen (secondary N) is 2. The second kappa shape index (κ2) is 9.95. The lowest BCUT2D eigenvalue weighted by molar-refractivity contribution is -0.123. The van der Waals surface area contributed by atoms with Crippen LogP contribution in [0.4, 0.5) is 5.69 Å². The summed E-state index contributed by atoms with van der Waals surface area (Å²) in [5.41, 5.74) is 7.00. The van der Waals surface area contributed by atoms with E-state index in [1.54, 1.807) is 30.5 Å². The third-order valence-electron chi connectivity index (χ3n) is 4.50. The Morgan fingerprint density at radius 2 is 1.84 bits per heavy atom. The summed E-state index contributed by atoms with van der Waals surface area (Å²) in [6, 6.07) is 16.5. The van der Waals surface area contributed by atoms with Gasteiger partial charge in [-0.2, -0.15) is 5.10 Å². The number of para-hydroxylation sites is 1. The quantitative estimate of drug-likeness (QED) is 0.427. The molecule has 0 aliphatic rings. The zero-order valence-electron chi connectivity index (χ0n) is 17.5. The third-order valence-corrected chi connectivity index (χ3v) is 4.82. The van der Waals surface area contributed by atoms with E-state index in [1.165, 1.54) is 6.92 Å². The van der Waals surface area contributed by atoms with Gasteiger partial charge in [-0.25, -0.2) is 5.43 Å². The number of ether oxygens (including phenoxy) is 1. The molecule has 3 aromatic rings. The number of rotatable bonds is 7. The number of benzene rings is 2. The molecule has 0 spiro atoms. The van der Waals surface area contributed by atoms with Crippen molar-refractivity contribution in [2.24, 2.45) is 5.10 Å². The van der Waals surface area contributed by atoms with E-state index in [1.807, 2.05) is 44.2 Å². The second-order valence-corrected chi connectivity index (χ2v) is 7.31. The number of anilines is 1. The predicted octanol–water partition coefficient (Wildman–Crippen LogP) is 4.24. The average molecular weight is 439 g/mol. The molecule has 0 saturated carbocycles. The van der Waals surface area contributed by atoms with Crippen LogP contribution in [0.15, 0.2) is 59.7 Å². The van der Waals surface area contributed by atoms with Gasteiger partial charge in [-0.1, -0.05) is 23.7 Å². The van der Waals surface area contributed by atoms with E-state index in [-0.39, 0.29) is 12.5 Å². The molecule has 2 aromatic carbocycles. The highest BCUT2D eigenvalue weighted by molar-refractivity contribution is 6.32. The summed E-state index contributed by atoms with van der Waals surface area (Å²) in [4.78, 5) is 23.2. The van der Waals surface area contributed by atoms with Crippen molar-refractivity contribution in [2.75, 3.05) is 11.9 Å². The van der Waals surface area contributed by atoms with Crippen LogP contribution in [0.2, 0.25) is 5.02 Å². The number of hydrogen-bond donors (Lipinski definition) is 2. The first kappa shape index (κ1) is 22.1. The van der Waals surface area contributed by atoms with Gasteiger partial charge in [0.25, 0.3) is 5.91 Å². The van der Waals surface area contributed by atoms with Crippen molar-refractivity contribution < 1.29 is 14.3 Å². The maximum atomic E-state index is 12.0. The minimum absolute atomic E-state index is 0.112. The van der Waals surface area contributed by atoms with Gasteiger partial charge < -0.3 is 14.6 Å². The van der Waals surface area contributed by atoms with Crippen LogP contribution in [-0.2, 0) is 9.59 Å². The van der Waals surface area contributed by atoms with Gasteiger partial charge in [0.05, 0.1) is 11.2 Å². The van der Waals surface area contributed by atoms with E-state index in [0.717, 1.165) is 28.3 Å². The molecule has 8 heteroatoms. The predicted molar refractivity (Wildman–Crippen MR) is 122 cm³/mol. The summed E-state index contributed by atoms with van der Waals surface area (Å²) in [6.45, 7) is 5.24. The molecule has 31 heavy (non-hydrogen) atoms. The van der Waals surface area contributed by atoms with Gasteiger partial charge in [0, 0.05) is 35.2 Å². The zero-order chi connectivity index (χ0) is 22.4. The lowest BCUT2D eigenvalue weighted by Gasteiger charge is -2.11. The van der Waals surface area contributed by atoms with Crippen molar-refractivity contribution >= 4 is 35.3 Å². The van der Waals surface area contributed by atoms with E-state index in [9.17, 15) is 9.59 Å². The highest BCUT2D eigenvalue weighted by Gasteiger charge is 2.10. The normalized spacial score (nSPS) is 10.8. The minimum Gasteiger partial charge on any atom is -0.482 e. The number of amides is 2. The molecule has 7 nitrogen and oxygen atoms in total. The second-order valence-electron chi connectivity index (χ2n) is 6.90. The van der Waals surface area contributed by atoms with Crippen molar-refractivity contribution in [1.82, 2.24) is 9.99 Å². The van der Waals surface area contributed by atoms with Gasteiger partial charge in [-0.05, 0) is 56.3 Å². The first-order valence-electron chi connectivity index (χ1n) is 9.61. The van der Waals surface area contributed by atoms with Gasteiger partial charge in [-0.3, -0.25) is 9.59 Å². The van der Waals surface area contributed by atoms with Crippen LogP contribution >= 0.6 is 11.6 Å². The molecule has 1 aromatic heterocycles. The molecule has 0 fully saturated rings. The minimum atomic E-state index is -0.390. The van der Waals surface area contributed by atoms with E-state index in [0.29, 0.717) is 10.8 Å². The van der Waals surface area contributed by atoms with Crippen molar-refractivity contribution in [1.29, 1.82) is 0 Å². The number of carbonyl (C=O) groups is 2. The van der Waals surface area contributed by atoms with E-state index >= 15 is 0 Å². The smallest absolute Gasteiger partial charge is 0.277 e. The Morgan fingerprint density at radius 3 is 2.52 bits per heavy atom. The standard InChI is InChI=1S/C23H23ClN4O3/c1-15-12-18(13-25-27-23(30)14-31-22-7-5-4-6-21(22)24)16(2)28(15)20-10-8-19(9-11-20)26-17(3)29/h4-13H,14H2,1-3H3,(H,26,29)(H,27,30)/b25-13-. The maximum absolute atomic E-state index is 12.0. The molecule has 0 bridgehead atoms. The highest BCUT2D eigenvalue weighted by Crippen LogP contribution is 2.23. The molecule has 1 heterocycles. The largest absolute Gasteiger partial charge is 0.482 e. The Hall–Kier alpha value is -3.58. The van der Waals surface area contributed by atoms with Crippen molar-refractivity contribution in [3.63, 3.8) is 0 Å². The Labute approximate surface area is 185 Å². The SMILES string of the molecule is CC(=O)Nc1ccc(-n2c(C)cc(/C=N\NC(=O)COc3ccccc3Cl)c2C)cc1. The summed E-state index contributed by atoms with van der Waals surface area (Å²) in [5, 5.41) is 7.23. The number of carbonyl (C=O) groups excluding carboxylic acids is 2. The summed E-state index contributed by atoms with van der Waals surface area (Å²) < 4.78 is 7.46. The monoisotopic (exact) mass is 438 g/mol. The van der Waals surface area contributed by atoms with Crippen LogP contribution in [0.1, 0.15) is 23.9 Å². The number of nitrogens with zero attached hydrogens (tertiary/aromatic N) is 2. The Bertz CT molecular complexity index is 1120. The first-order chi connectivity index (χ1) is 14.8. The van der Waals surface area contributed by atoms with E-state index in [4.69, 9.17) is 16.3 Å². The summed E-state index contributed by atoms with van der Waals surface area (Å²) in [5.74, 6) is -0.0613. The molecule has 0 unspecified atom stereocenters. The molecule has 0 atom stereocenters. The molecular formula is C23H23ClN4O3. The van der Waals surface area contributed by atoms with E-state index < -0.39 is 5.91 Å². The molecule has 2 amide bonds. The van der Waals surface area contributed by atoms with Crippen LogP contribution in [0.25, 0.3) is 5.69 Å². The fraction of sp³-hybridized carbons (Fsp3) is 0.174. The van der Waals surface area contributed by atoms with Gasteiger partial charge in [0.15, 0.2) is 6.61 Å².